The molecule has 1 aromatic rings. The first-order valence-electron chi connectivity index (χ1n) is 5.51. The molecule has 0 aromatic heterocycles. The quantitative estimate of drug-likeness (QED) is 0.912. The van der Waals surface area contributed by atoms with Gasteiger partial charge in [0.05, 0.1) is 17.7 Å². The number of rotatable bonds is 4. The predicted molar refractivity (Wildman–Crippen MR) is 77.2 cm³/mol. The Balaban J connectivity index is 2.99. The Morgan fingerprint density at radius 3 is 2.74 bits per heavy atom. The van der Waals surface area contributed by atoms with Crippen LogP contribution in [0.4, 0.5) is 0 Å². The first-order valence-corrected chi connectivity index (χ1v) is 6.68. The molecule has 6 heteroatoms. The minimum absolute atomic E-state index is 0.110. The van der Waals surface area contributed by atoms with Gasteiger partial charge in [0.25, 0.3) is 5.91 Å². The van der Waals surface area contributed by atoms with Crippen molar-refractivity contribution >= 4 is 33.4 Å². The summed E-state index contributed by atoms with van der Waals surface area (Å²) in [6.45, 7) is 3.55. The fraction of sp³-hybridized carbons (Fsp3) is 0.385. The Hall–Kier alpha value is -1.09. The molecule has 0 fully saturated rings. The summed E-state index contributed by atoms with van der Waals surface area (Å²) in [5.74, 6) is -0.362. The van der Waals surface area contributed by atoms with Gasteiger partial charge < -0.3 is 10.1 Å². The number of aryl methyl sites for hydroxylation is 1. The summed E-state index contributed by atoms with van der Waals surface area (Å²) in [5.41, 5.74) is 0.186. The van der Waals surface area contributed by atoms with E-state index < -0.39 is 5.54 Å². The molecule has 0 aliphatic heterocycles. The maximum atomic E-state index is 12.1. The summed E-state index contributed by atoms with van der Waals surface area (Å²) >= 11 is 9.34. The number of methoxy groups -OCH3 is 1. The van der Waals surface area contributed by atoms with Crippen molar-refractivity contribution in [3.8, 4) is 6.07 Å². The molecular weight excluding hydrogens is 332 g/mol. The van der Waals surface area contributed by atoms with Crippen LogP contribution in [0.1, 0.15) is 22.8 Å². The van der Waals surface area contributed by atoms with Crippen molar-refractivity contribution in [3.05, 3.63) is 32.8 Å². The van der Waals surface area contributed by atoms with Crippen LogP contribution in [0.5, 0.6) is 0 Å². The Bertz CT molecular complexity index is 519. The van der Waals surface area contributed by atoms with E-state index in [2.05, 4.69) is 21.2 Å². The summed E-state index contributed by atoms with van der Waals surface area (Å²) in [6.07, 6.45) is 0. The van der Waals surface area contributed by atoms with E-state index >= 15 is 0 Å². The number of halogens is 2. The second-order valence-electron chi connectivity index (χ2n) is 4.42. The topological polar surface area (TPSA) is 62.1 Å². The van der Waals surface area contributed by atoms with E-state index in [0.717, 1.165) is 10.0 Å². The second-order valence-corrected chi connectivity index (χ2v) is 5.62. The highest BCUT2D eigenvalue weighted by molar-refractivity contribution is 9.10. The average Bonchev–Trinajstić information content (AvgIpc) is 2.35. The summed E-state index contributed by atoms with van der Waals surface area (Å²) < 4.78 is 5.69. The van der Waals surface area contributed by atoms with Crippen LogP contribution in [0, 0.1) is 18.3 Å². The summed E-state index contributed by atoms with van der Waals surface area (Å²) in [7, 11) is 1.47. The van der Waals surface area contributed by atoms with Gasteiger partial charge in [-0.25, -0.2) is 0 Å². The van der Waals surface area contributed by atoms with Gasteiger partial charge in [0.1, 0.15) is 5.54 Å². The van der Waals surface area contributed by atoms with E-state index in [1.54, 1.807) is 19.1 Å². The number of nitriles is 1. The molecule has 1 N–H and O–H groups in total. The zero-order valence-corrected chi connectivity index (χ0v) is 13.2. The largest absolute Gasteiger partial charge is 0.381 e. The molecule has 1 atom stereocenters. The summed E-state index contributed by atoms with van der Waals surface area (Å²) in [4.78, 5) is 12.1. The monoisotopic (exact) mass is 344 g/mol. The minimum Gasteiger partial charge on any atom is -0.381 e. The molecule has 0 radical (unpaired) electrons. The fourth-order valence-electron chi connectivity index (χ4n) is 1.57. The van der Waals surface area contributed by atoms with Gasteiger partial charge in [-0.2, -0.15) is 5.26 Å². The molecule has 102 valence electrons. The molecule has 0 aliphatic carbocycles. The molecule has 0 aliphatic rings. The molecule has 1 rings (SSSR count). The molecular formula is C13H14BrClN2O2. The maximum Gasteiger partial charge on any atom is 0.252 e. The Labute approximate surface area is 125 Å². The van der Waals surface area contributed by atoms with Crippen LogP contribution in [0.3, 0.4) is 0 Å². The van der Waals surface area contributed by atoms with Crippen molar-refractivity contribution in [3.63, 3.8) is 0 Å². The predicted octanol–water partition coefficient (Wildman–Crippen LogP) is 3.07. The van der Waals surface area contributed by atoms with Crippen LogP contribution >= 0.6 is 27.5 Å². The second kappa shape index (κ2) is 6.38. The van der Waals surface area contributed by atoms with Gasteiger partial charge in [0.15, 0.2) is 0 Å². The highest BCUT2D eigenvalue weighted by Gasteiger charge is 2.26. The van der Waals surface area contributed by atoms with Gasteiger partial charge >= 0.3 is 0 Å². The SMILES string of the molecule is COCC(C)(C#N)NC(=O)c1cc(C)c(Br)c(Cl)c1. The van der Waals surface area contributed by atoms with Gasteiger partial charge in [0.2, 0.25) is 0 Å². The van der Waals surface area contributed by atoms with Gasteiger partial charge in [-0.15, -0.1) is 0 Å². The van der Waals surface area contributed by atoms with Crippen molar-refractivity contribution in [2.45, 2.75) is 19.4 Å². The number of carbonyl (C=O) groups is 1. The van der Waals surface area contributed by atoms with Gasteiger partial charge in [-0.05, 0) is 47.5 Å². The Morgan fingerprint density at radius 1 is 1.63 bits per heavy atom. The number of carbonyl (C=O) groups excluding carboxylic acids is 1. The van der Waals surface area contributed by atoms with Crippen molar-refractivity contribution in [2.24, 2.45) is 0 Å². The zero-order chi connectivity index (χ0) is 14.6. The van der Waals surface area contributed by atoms with Gasteiger partial charge in [-0.1, -0.05) is 11.6 Å². The molecule has 0 saturated heterocycles. The van der Waals surface area contributed by atoms with E-state index in [9.17, 15) is 4.79 Å². The first-order chi connectivity index (χ1) is 8.83. The number of nitrogens with zero attached hydrogens (tertiary/aromatic N) is 1. The van der Waals surface area contributed by atoms with Gasteiger partial charge in [-0.3, -0.25) is 4.79 Å². The van der Waals surface area contributed by atoms with Crippen molar-refractivity contribution in [1.29, 1.82) is 5.26 Å². The number of benzene rings is 1. The molecule has 0 spiro atoms. The fourth-order valence-corrected chi connectivity index (χ4v) is 2.06. The molecule has 19 heavy (non-hydrogen) atoms. The molecule has 1 amide bonds. The van der Waals surface area contributed by atoms with E-state index in [-0.39, 0.29) is 12.5 Å². The summed E-state index contributed by atoms with van der Waals surface area (Å²) in [5, 5.41) is 12.2. The van der Waals surface area contributed by atoms with E-state index in [1.165, 1.54) is 7.11 Å². The number of ether oxygens (including phenoxy) is 1. The molecule has 1 unspecified atom stereocenters. The third kappa shape index (κ3) is 3.93. The van der Waals surface area contributed by atoms with Gasteiger partial charge in [0, 0.05) is 17.1 Å². The standard InChI is InChI=1S/C13H14BrClN2O2/c1-8-4-9(5-10(15)11(8)14)12(18)17-13(2,6-16)7-19-3/h4-5H,7H2,1-3H3,(H,17,18). The summed E-state index contributed by atoms with van der Waals surface area (Å²) in [6, 6.07) is 5.28. The number of amides is 1. The minimum atomic E-state index is -1.07. The molecule has 0 bridgehead atoms. The van der Waals surface area contributed by atoms with Crippen LogP contribution in [-0.2, 0) is 4.74 Å². The lowest BCUT2D eigenvalue weighted by Gasteiger charge is -2.22. The number of hydrogen-bond acceptors (Lipinski definition) is 3. The van der Waals surface area contributed by atoms with Crippen LogP contribution in [-0.4, -0.2) is 25.2 Å². The lowest BCUT2D eigenvalue weighted by molar-refractivity contribution is 0.0860. The lowest BCUT2D eigenvalue weighted by Crippen LogP contribution is -2.48. The van der Waals surface area contributed by atoms with Crippen LogP contribution in [0.15, 0.2) is 16.6 Å². The number of nitrogens with one attached hydrogen (secondary N) is 1. The number of hydrogen-bond donors (Lipinski definition) is 1. The van der Waals surface area contributed by atoms with Crippen molar-refractivity contribution in [1.82, 2.24) is 5.32 Å². The zero-order valence-electron chi connectivity index (χ0n) is 10.9. The Kier molecular flexibility index (Phi) is 5.36. The molecule has 4 nitrogen and oxygen atoms in total. The van der Waals surface area contributed by atoms with Crippen LogP contribution in [0.2, 0.25) is 5.02 Å². The van der Waals surface area contributed by atoms with E-state index in [0.29, 0.717) is 10.6 Å². The third-order valence-corrected chi connectivity index (χ3v) is 4.12. The normalized spacial score (nSPS) is 13.5. The highest BCUT2D eigenvalue weighted by atomic mass is 79.9. The molecule has 0 heterocycles. The van der Waals surface area contributed by atoms with E-state index in [4.69, 9.17) is 21.6 Å². The third-order valence-electron chi connectivity index (χ3n) is 2.54. The van der Waals surface area contributed by atoms with E-state index in [1.807, 2.05) is 13.0 Å². The van der Waals surface area contributed by atoms with Crippen molar-refractivity contribution in [2.75, 3.05) is 13.7 Å². The average molecular weight is 346 g/mol. The highest BCUT2D eigenvalue weighted by Crippen LogP contribution is 2.27. The smallest absolute Gasteiger partial charge is 0.252 e. The molecule has 1 aromatic carbocycles. The van der Waals surface area contributed by atoms with Crippen LogP contribution in [0.25, 0.3) is 0 Å². The Morgan fingerprint density at radius 2 is 2.26 bits per heavy atom. The lowest BCUT2D eigenvalue weighted by atomic mass is 10.0. The maximum absolute atomic E-state index is 12.1. The van der Waals surface area contributed by atoms with Crippen LogP contribution < -0.4 is 5.32 Å². The first kappa shape index (κ1) is 16.0. The molecule has 0 saturated carbocycles. The van der Waals surface area contributed by atoms with Crippen molar-refractivity contribution < 1.29 is 9.53 Å².